The molecular formula is C23H19F4N3O3. The van der Waals surface area contributed by atoms with Crippen LogP contribution in [0.5, 0.6) is 5.88 Å². The third-order valence-corrected chi connectivity index (χ3v) is 5.32. The van der Waals surface area contributed by atoms with Crippen molar-refractivity contribution in [3.8, 4) is 17.0 Å². The van der Waals surface area contributed by atoms with Crippen LogP contribution in [0.15, 0.2) is 48.8 Å². The summed E-state index contributed by atoms with van der Waals surface area (Å²) in [6.07, 6.45) is -2.14. The number of anilines is 1. The second-order valence-electron chi connectivity index (χ2n) is 7.65. The lowest BCUT2D eigenvalue weighted by atomic mass is 9.91. The maximum absolute atomic E-state index is 15.0. The summed E-state index contributed by atoms with van der Waals surface area (Å²) < 4.78 is 64.1. The number of pyridine rings is 2. The standard InChI is InChI=1S/C23H19F4N3O3/c1-13-3-4-16(30-20(31)19-8-15(5-6-28-19)23(25,26)27)9-17(13)14-7-18(21(32-2)29-10-14)22(24)11-33-12-22/h3-10H,11-12H2,1-2H3,(H,30,31). The molecular weight excluding hydrogens is 442 g/mol. The number of nitrogens with one attached hydrogen (secondary N) is 1. The molecule has 1 aliphatic rings. The summed E-state index contributed by atoms with van der Waals surface area (Å²) in [6.45, 7) is 1.62. The Labute approximate surface area is 186 Å². The van der Waals surface area contributed by atoms with Crippen molar-refractivity contribution in [2.75, 3.05) is 25.6 Å². The maximum atomic E-state index is 15.0. The third-order valence-electron chi connectivity index (χ3n) is 5.32. The van der Waals surface area contributed by atoms with E-state index in [2.05, 4.69) is 15.3 Å². The van der Waals surface area contributed by atoms with Gasteiger partial charge in [-0.05, 0) is 48.4 Å². The Bertz CT molecular complexity index is 1210. The highest BCUT2D eigenvalue weighted by molar-refractivity contribution is 6.03. The second-order valence-corrected chi connectivity index (χ2v) is 7.65. The molecule has 1 N–H and O–H groups in total. The molecule has 1 fully saturated rings. The van der Waals surface area contributed by atoms with Gasteiger partial charge in [0.25, 0.3) is 5.91 Å². The molecule has 0 radical (unpaired) electrons. The Kier molecular flexibility index (Phi) is 5.79. The highest BCUT2D eigenvalue weighted by Gasteiger charge is 2.43. The van der Waals surface area contributed by atoms with Gasteiger partial charge in [-0.1, -0.05) is 6.07 Å². The molecule has 4 rings (SSSR count). The van der Waals surface area contributed by atoms with Gasteiger partial charge in [-0.15, -0.1) is 0 Å². The van der Waals surface area contributed by atoms with Crippen molar-refractivity contribution >= 4 is 11.6 Å². The summed E-state index contributed by atoms with van der Waals surface area (Å²) >= 11 is 0. The molecule has 10 heteroatoms. The van der Waals surface area contributed by atoms with Gasteiger partial charge in [0, 0.05) is 23.6 Å². The molecule has 2 aromatic heterocycles. The Morgan fingerprint density at radius 1 is 1.15 bits per heavy atom. The molecule has 1 aliphatic heterocycles. The van der Waals surface area contributed by atoms with Crippen molar-refractivity contribution in [2.45, 2.75) is 18.8 Å². The van der Waals surface area contributed by atoms with E-state index in [4.69, 9.17) is 9.47 Å². The molecule has 1 amide bonds. The molecule has 6 nitrogen and oxygen atoms in total. The minimum Gasteiger partial charge on any atom is -0.481 e. The van der Waals surface area contributed by atoms with Crippen LogP contribution in [0.1, 0.15) is 27.2 Å². The van der Waals surface area contributed by atoms with Crippen LogP contribution in [-0.4, -0.2) is 36.2 Å². The molecule has 0 atom stereocenters. The van der Waals surface area contributed by atoms with Crippen molar-refractivity contribution in [3.05, 3.63) is 71.2 Å². The Morgan fingerprint density at radius 3 is 2.55 bits per heavy atom. The summed E-state index contributed by atoms with van der Waals surface area (Å²) in [4.78, 5) is 20.5. The van der Waals surface area contributed by atoms with Crippen molar-refractivity contribution in [3.63, 3.8) is 0 Å². The number of aromatic nitrogens is 2. The number of carbonyl (C=O) groups is 1. The van der Waals surface area contributed by atoms with Crippen molar-refractivity contribution < 1.29 is 31.8 Å². The maximum Gasteiger partial charge on any atom is 0.416 e. The SMILES string of the molecule is COc1ncc(-c2cc(NC(=O)c3cc(C(F)(F)F)ccn3)ccc2C)cc1C1(F)COC1. The first kappa shape index (κ1) is 22.7. The Hall–Kier alpha value is -3.53. The van der Waals surface area contributed by atoms with Crippen LogP contribution in [0.4, 0.5) is 23.2 Å². The molecule has 0 unspecified atom stereocenters. The van der Waals surface area contributed by atoms with E-state index in [1.165, 1.54) is 13.3 Å². The molecule has 172 valence electrons. The predicted molar refractivity (Wildman–Crippen MR) is 112 cm³/mol. The van der Waals surface area contributed by atoms with Gasteiger partial charge >= 0.3 is 6.18 Å². The number of rotatable bonds is 5. The zero-order valence-corrected chi connectivity index (χ0v) is 17.7. The van der Waals surface area contributed by atoms with E-state index in [0.29, 0.717) is 22.9 Å². The van der Waals surface area contributed by atoms with Gasteiger partial charge in [0.2, 0.25) is 5.88 Å². The topological polar surface area (TPSA) is 73.3 Å². The van der Waals surface area contributed by atoms with E-state index < -0.39 is 23.3 Å². The summed E-state index contributed by atoms with van der Waals surface area (Å²) in [5.41, 5.74) is -0.390. The summed E-state index contributed by atoms with van der Waals surface area (Å²) in [5, 5.41) is 2.56. The number of carbonyl (C=O) groups excluding carboxylic acids is 1. The van der Waals surface area contributed by atoms with Crippen LogP contribution in [0.25, 0.3) is 11.1 Å². The Morgan fingerprint density at radius 2 is 1.91 bits per heavy atom. The van der Waals surface area contributed by atoms with Crippen LogP contribution in [0.3, 0.4) is 0 Å². The lowest BCUT2D eigenvalue weighted by molar-refractivity contribution is -0.137. The zero-order chi connectivity index (χ0) is 23.8. The number of nitrogens with zero attached hydrogens (tertiary/aromatic N) is 2. The number of amides is 1. The van der Waals surface area contributed by atoms with E-state index in [-0.39, 0.29) is 30.4 Å². The fraction of sp³-hybridized carbons (Fsp3) is 0.261. The van der Waals surface area contributed by atoms with Gasteiger partial charge in [-0.25, -0.2) is 9.37 Å². The normalized spacial score (nSPS) is 15.0. The molecule has 1 saturated heterocycles. The summed E-state index contributed by atoms with van der Waals surface area (Å²) in [6, 6.07) is 8.07. The third kappa shape index (κ3) is 4.51. The highest BCUT2D eigenvalue weighted by Crippen LogP contribution is 2.40. The molecule has 3 heterocycles. The molecule has 1 aromatic carbocycles. The lowest BCUT2D eigenvalue weighted by Gasteiger charge is -2.34. The first-order valence-corrected chi connectivity index (χ1v) is 9.87. The van der Waals surface area contributed by atoms with Crippen LogP contribution < -0.4 is 10.1 Å². The molecule has 0 aliphatic carbocycles. The van der Waals surface area contributed by atoms with Gasteiger partial charge < -0.3 is 14.8 Å². The Balaban J connectivity index is 1.64. The number of alkyl halides is 4. The van der Waals surface area contributed by atoms with Gasteiger partial charge in [-0.3, -0.25) is 9.78 Å². The second kappa shape index (κ2) is 8.43. The average Bonchev–Trinajstić information content (AvgIpc) is 2.78. The largest absolute Gasteiger partial charge is 0.481 e. The monoisotopic (exact) mass is 461 g/mol. The molecule has 0 bridgehead atoms. The quantitative estimate of drug-likeness (QED) is 0.546. The van der Waals surface area contributed by atoms with Gasteiger partial charge in [0.05, 0.1) is 31.5 Å². The average molecular weight is 461 g/mol. The minimum absolute atomic E-state index is 0.104. The fourth-order valence-electron chi connectivity index (χ4n) is 3.46. The van der Waals surface area contributed by atoms with E-state index in [1.54, 1.807) is 24.3 Å². The molecule has 3 aromatic rings. The van der Waals surface area contributed by atoms with Crippen LogP contribution in [0.2, 0.25) is 0 Å². The molecule has 33 heavy (non-hydrogen) atoms. The molecule has 0 spiro atoms. The minimum atomic E-state index is -4.59. The number of hydrogen-bond acceptors (Lipinski definition) is 5. The first-order chi connectivity index (χ1) is 15.6. The van der Waals surface area contributed by atoms with E-state index in [0.717, 1.165) is 17.8 Å². The van der Waals surface area contributed by atoms with Crippen LogP contribution in [0, 0.1) is 6.92 Å². The number of benzene rings is 1. The summed E-state index contributed by atoms with van der Waals surface area (Å²) in [7, 11) is 1.40. The van der Waals surface area contributed by atoms with Crippen LogP contribution in [-0.2, 0) is 16.6 Å². The number of methoxy groups -OCH3 is 1. The van der Waals surface area contributed by atoms with E-state index in [1.807, 2.05) is 6.92 Å². The van der Waals surface area contributed by atoms with Crippen molar-refractivity contribution in [1.82, 2.24) is 9.97 Å². The summed E-state index contributed by atoms with van der Waals surface area (Å²) in [5.74, 6) is -0.638. The lowest BCUT2D eigenvalue weighted by Crippen LogP contribution is -2.43. The van der Waals surface area contributed by atoms with E-state index >= 15 is 4.39 Å². The number of hydrogen-bond donors (Lipinski definition) is 1. The van der Waals surface area contributed by atoms with Crippen molar-refractivity contribution in [2.24, 2.45) is 0 Å². The smallest absolute Gasteiger partial charge is 0.416 e. The number of ether oxygens (including phenoxy) is 2. The highest BCUT2D eigenvalue weighted by atomic mass is 19.4. The van der Waals surface area contributed by atoms with E-state index in [9.17, 15) is 18.0 Å². The zero-order valence-electron chi connectivity index (χ0n) is 17.7. The fourth-order valence-corrected chi connectivity index (χ4v) is 3.46. The predicted octanol–water partition coefficient (Wildman–Crippen LogP) is 4.93. The van der Waals surface area contributed by atoms with Gasteiger partial charge in [0.1, 0.15) is 5.69 Å². The van der Waals surface area contributed by atoms with Gasteiger partial charge in [-0.2, -0.15) is 13.2 Å². The van der Waals surface area contributed by atoms with Gasteiger partial charge in [0.15, 0.2) is 5.67 Å². The molecule has 0 saturated carbocycles. The number of halogens is 4. The van der Waals surface area contributed by atoms with Crippen molar-refractivity contribution in [1.29, 1.82) is 0 Å². The first-order valence-electron chi connectivity index (χ1n) is 9.87. The van der Waals surface area contributed by atoms with Crippen LogP contribution >= 0.6 is 0 Å². The number of aryl methyl sites for hydroxylation is 1.